The summed E-state index contributed by atoms with van der Waals surface area (Å²) in [5.74, 6) is 0.924. The average Bonchev–Trinajstić information content (AvgIpc) is 2.65. The Bertz CT molecular complexity index is 320. The first-order valence-electron chi connectivity index (χ1n) is 5.25. The number of rotatable bonds is 3. The lowest BCUT2D eigenvalue weighted by Crippen LogP contribution is -1.99. The van der Waals surface area contributed by atoms with Gasteiger partial charge < -0.3 is 9.84 Å². The van der Waals surface area contributed by atoms with Crippen LogP contribution in [0, 0.1) is 0 Å². The normalized spacial score (nSPS) is 16.1. The highest BCUT2D eigenvalue weighted by atomic mass is 16.5. The van der Waals surface area contributed by atoms with Gasteiger partial charge in [-0.25, -0.2) is 0 Å². The lowest BCUT2D eigenvalue weighted by Gasteiger charge is -2.13. The molecule has 1 heterocycles. The van der Waals surface area contributed by atoms with Crippen molar-refractivity contribution in [3.8, 4) is 5.75 Å². The van der Waals surface area contributed by atoms with E-state index in [9.17, 15) is 5.11 Å². The van der Waals surface area contributed by atoms with E-state index >= 15 is 0 Å². The fraction of sp³-hybridized carbons (Fsp3) is 0.500. The summed E-state index contributed by atoms with van der Waals surface area (Å²) >= 11 is 0. The highest BCUT2D eigenvalue weighted by Crippen LogP contribution is 2.34. The number of benzene rings is 1. The highest BCUT2D eigenvalue weighted by molar-refractivity contribution is 5.45. The Morgan fingerprint density at radius 1 is 1.50 bits per heavy atom. The Morgan fingerprint density at radius 2 is 2.36 bits per heavy atom. The second-order valence-corrected chi connectivity index (χ2v) is 3.74. The van der Waals surface area contributed by atoms with Crippen LogP contribution in [-0.2, 0) is 6.42 Å². The largest absolute Gasteiger partial charge is 0.493 e. The molecular formula is C12H16O2. The highest BCUT2D eigenvalue weighted by Gasteiger charge is 2.19. The molecule has 1 aliphatic heterocycles. The van der Waals surface area contributed by atoms with Gasteiger partial charge in [0.2, 0.25) is 0 Å². The molecule has 0 amide bonds. The third-order valence-electron chi connectivity index (χ3n) is 2.67. The van der Waals surface area contributed by atoms with Crippen LogP contribution in [0.3, 0.4) is 0 Å². The zero-order valence-corrected chi connectivity index (χ0v) is 8.49. The number of aliphatic hydroxyl groups excluding tert-OH is 1. The van der Waals surface area contributed by atoms with E-state index in [1.807, 2.05) is 12.1 Å². The summed E-state index contributed by atoms with van der Waals surface area (Å²) in [6.45, 7) is 2.83. The number of para-hydroxylation sites is 1. The molecule has 1 aromatic carbocycles. The predicted molar refractivity (Wildman–Crippen MR) is 55.5 cm³/mol. The van der Waals surface area contributed by atoms with E-state index in [-0.39, 0.29) is 6.10 Å². The lowest BCUT2D eigenvalue weighted by molar-refractivity contribution is 0.162. The first-order valence-corrected chi connectivity index (χ1v) is 5.25. The molecule has 2 rings (SSSR count). The monoisotopic (exact) mass is 192 g/mol. The third kappa shape index (κ3) is 1.62. The van der Waals surface area contributed by atoms with Crippen molar-refractivity contribution in [2.75, 3.05) is 6.61 Å². The van der Waals surface area contributed by atoms with Crippen molar-refractivity contribution in [3.63, 3.8) is 0 Å². The van der Waals surface area contributed by atoms with E-state index in [4.69, 9.17) is 4.74 Å². The first kappa shape index (κ1) is 9.53. The molecule has 0 radical (unpaired) electrons. The molecule has 0 aromatic heterocycles. The van der Waals surface area contributed by atoms with Crippen molar-refractivity contribution in [3.05, 3.63) is 29.3 Å². The first-order chi connectivity index (χ1) is 6.83. The molecule has 0 spiro atoms. The molecular weight excluding hydrogens is 176 g/mol. The number of aliphatic hydroxyl groups is 1. The fourth-order valence-corrected chi connectivity index (χ4v) is 1.93. The second-order valence-electron chi connectivity index (χ2n) is 3.74. The predicted octanol–water partition coefficient (Wildman–Crippen LogP) is 2.46. The Morgan fingerprint density at radius 3 is 3.14 bits per heavy atom. The van der Waals surface area contributed by atoms with Crippen molar-refractivity contribution >= 4 is 0 Å². The van der Waals surface area contributed by atoms with Gasteiger partial charge >= 0.3 is 0 Å². The van der Waals surface area contributed by atoms with Gasteiger partial charge in [-0.15, -0.1) is 0 Å². The Labute approximate surface area is 84.5 Å². The summed E-state index contributed by atoms with van der Waals surface area (Å²) in [5.41, 5.74) is 2.19. The van der Waals surface area contributed by atoms with Gasteiger partial charge in [0, 0.05) is 12.0 Å². The van der Waals surface area contributed by atoms with E-state index in [1.54, 1.807) is 0 Å². The van der Waals surface area contributed by atoms with Crippen LogP contribution in [0.5, 0.6) is 5.75 Å². The molecule has 1 aliphatic rings. The van der Waals surface area contributed by atoms with Crippen molar-refractivity contribution in [2.24, 2.45) is 0 Å². The summed E-state index contributed by atoms with van der Waals surface area (Å²) in [6, 6.07) is 6.04. The molecule has 76 valence electrons. The van der Waals surface area contributed by atoms with Gasteiger partial charge in [0.05, 0.1) is 12.7 Å². The second kappa shape index (κ2) is 4.01. The van der Waals surface area contributed by atoms with Crippen LogP contribution in [0.15, 0.2) is 18.2 Å². The van der Waals surface area contributed by atoms with Crippen LogP contribution < -0.4 is 4.74 Å². The van der Waals surface area contributed by atoms with Gasteiger partial charge in [0.25, 0.3) is 0 Å². The molecule has 0 bridgehead atoms. The molecule has 1 N–H and O–H groups in total. The molecule has 0 saturated heterocycles. The zero-order valence-electron chi connectivity index (χ0n) is 8.49. The Hall–Kier alpha value is -1.02. The molecule has 2 nitrogen and oxygen atoms in total. The van der Waals surface area contributed by atoms with Crippen LogP contribution in [0.25, 0.3) is 0 Å². The minimum Gasteiger partial charge on any atom is -0.493 e. The molecule has 1 aromatic rings. The maximum atomic E-state index is 9.90. The number of ether oxygens (including phenoxy) is 1. The molecule has 1 atom stereocenters. The lowest BCUT2D eigenvalue weighted by atomic mass is 10.0. The number of hydrogen-bond donors (Lipinski definition) is 1. The SMILES string of the molecule is CCCC(O)c1cccc2c1OCC2. The average molecular weight is 192 g/mol. The minimum atomic E-state index is -0.368. The van der Waals surface area contributed by atoms with Crippen molar-refractivity contribution < 1.29 is 9.84 Å². The maximum Gasteiger partial charge on any atom is 0.128 e. The summed E-state index contributed by atoms with van der Waals surface area (Å²) in [5, 5.41) is 9.90. The van der Waals surface area contributed by atoms with Crippen molar-refractivity contribution in [1.29, 1.82) is 0 Å². The smallest absolute Gasteiger partial charge is 0.128 e. The minimum absolute atomic E-state index is 0.368. The van der Waals surface area contributed by atoms with Crippen LogP contribution in [-0.4, -0.2) is 11.7 Å². The van der Waals surface area contributed by atoms with E-state index in [2.05, 4.69) is 13.0 Å². The van der Waals surface area contributed by atoms with Crippen molar-refractivity contribution in [1.82, 2.24) is 0 Å². The molecule has 14 heavy (non-hydrogen) atoms. The van der Waals surface area contributed by atoms with Gasteiger partial charge in [0.1, 0.15) is 5.75 Å². The molecule has 0 saturated carbocycles. The summed E-state index contributed by atoms with van der Waals surface area (Å²) in [4.78, 5) is 0. The van der Waals surface area contributed by atoms with Gasteiger partial charge in [-0.05, 0) is 12.0 Å². The molecule has 0 aliphatic carbocycles. The molecule has 2 heteroatoms. The Balaban J connectivity index is 2.29. The topological polar surface area (TPSA) is 29.5 Å². The number of fused-ring (bicyclic) bond motifs is 1. The Kier molecular flexibility index (Phi) is 2.73. The summed E-state index contributed by atoms with van der Waals surface area (Å²) in [7, 11) is 0. The van der Waals surface area contributed by atoms with Crippen LogP contribution >= 0.6 is 0 Å². The van der Waals surface area contributed by atoms with Gasteiger partial charge in [-0.2, -0.15) is 0 Å². The van der Waals surface area contributed by atoms with Gasteiger partial charge in [-0.1, -0.05) is 31.5 Å². The van der Waals surface area contributed by atoms with E-state index < -0.39 is 0 Å². The van der Waals surface area contributed by atoms with E-state index in [0.29, 0.717) is 0 Å². The van der Waals surface area contributed by atoms with Gasteiger partial charge in [-0.3, -0.25) is 0 Å². The van der Waals surface area contributed by atoms with Crippen LogP contribution in [0.4, 0.5) is 0 Å². The molecule has 0 fully saturated rings. The quantitative estimate of drug-likeness (QED) is 0.797. The standard InChI is InChI=1S/C12H16O2/c1-2-4-11(13)10-6-3-5-9-7-8-14-12(9)10/h3,5-6,11,13H,2,4,7-8H2,1H3. The van der Waals surface area contributed by atoms with Crippen LogP contribution in [0.1, 0.15) is 37.0 Å². The van der Waals surface area contributed by atoms with Gasteiger partial charge in [0.15, 0.2) is 0 Å². The fourth-order valence-electron chi connectivity index (χ4n) is 1.93. The zero-order chi connectivity index (χ0) is 9.97. The third-order valence-corrected chi connectivity index (χ3v) is 2.67. The van der Waals surface area contributed by atoms with Crippen molar-refractivity contribution in [2.45, 2.75) is 32.3 Å². The van der Waals surface area contributed by atoms with Crippen LogP contribution in [0.2, 0.25) is 0 Å². The molecule has 1 unspecified atom stereocenters. The summed E-state index contributed by atoms with van der Waals surface area (Å²) in [6.07, 6.45) is 2.40. The summed E-state index contributed by atoms with van der Waals surface area (Å²) < 4.78 is 5.54. The number of hydrogen-bond acceptors (Lipinski definition) is 2. The van der Waals surface area contributed by atoms with E-state index in [1.165, 1.54) is 5.56 Å². The maximum absolute atomic E-state index is 9.90. The van der Waals surface area contributed by atoms with E-state index in [0.717, 1.165) is 37.2 Å².